The molecule has 3 aromatic rings. The standard InChI is InChI=1S/C31H42N6O6/c1-18(2)27(31(42)43)37-30(41)26(16-20-17-34-24-8-4-3-7-22(20)24)36-29(40)25(9-5-6-14-32)35-28(39)23(33)15-19-10-12-21(38)13-11-19/h3-4,7-8,10-13,17-18,23,25-27,34,38H,5-6,9,14-16,32-33H2,1-2H3,(H,35,39)(H,36,40)(H,37,41)(H,42,43). The van der Waals surface area contributed by atoms with Crippen molar-refractivity contribution < 1.29 is 29.4 Å². The first-order valence-electron chi connectivity index (χ1n) is 14.4. The predicted octanol–water partition coefficient (Wildman–Crippen LogP) is 1.31. The maximum Gasteiger partial charge on any atom is 0.326 e. The highest BCUT2D eigenvalue weighted by atomic mass is 16.4. The van der Waals surface area contributed by atoms with Crippen LogP contribution in [-0.2, 0) is 32.0 Å². The van der Waals surface area contributed by atoms with E-state index >= 15 is 0 Å². The van der Waals surface area contributed by atoms with E-state index in [1.54, 1.807) is 32.2 Å². The molecule has 12 nitrogen and oxygen atoms in total. The summed E-state index contributed by atoms with van der Waals surface area (Å²) in [6.45, 7) is 3.76. The molecule has 0 aliphatic carbocycles. The summed E-state index contributed by atoms with van der Waals surface area (Å²) in [6, 6.07) is 9.53. The normalized spacial score (nSPS) is 14.1. The molecule has 3 amide bonds. The number of unbranched alkanes of at least 4 members (excludes halogenated alkanes) is 1. The number of nitrogens with two attached hydrogens (primary N) is 2. The molecular formula is C31H42N6O6. The van der Waals surface area contributed by atoms with Gasteiger partial charge in [0, 0.05) is 23.5 Å². The van der Waals surface area contributed by atoms with E-state index in [0.717, 1.165) is 22.0 Å². The Balaban J connectivity index is 1.81. The van der Waals surface area contributed by atoms with Crippen LogP contribution in [0.4, 0.5) is 0 Å². The SMILES string of the molecule is CC(C)C(NC(=O)C(Cc1c[nH]c2ccccc12)NC(=O)C(CCCCN)NC(=O)C(N)Cc1ccc(O)cc1)C(=O)O. The van der Waals surface area contributed by atoms with E-state index in [1.165, 1.54) is 12.1 Å². The van der Waals surface area contributed by atoms with Crippen LogP contribution in [0, 0.1) is 5.92 Å². The van der Waals surface area contributed by atoms with Gasteiger partial charge in [0.05, 0.1) is 6.04 Å². The second kappa shape index (κ2) is 15.7. The first-order valence-corrected chi connectivity index (χ1v) is 14.4. The summed E-state index contributed by atoms with van der Waals surface area (Å²) in [7, 11) is 0. The number of amides is 3. The number of rotatable bonds is 16. The third kappa shape index (κ3) is 9.55. The second-order valence-electron chi connectivity index (χ2n) is 11.0. The first kappa shape index (κ1) is 33.1. The second-order valence-corrected chi connectivity index (χ2v) is 11.0. The Morgan fingerprint density at radius 2 is 1.51 bits per heavy atom. The van der Waals surface area contributed by atoms with Crippen LogP contribution < -0.4 is 27.4 Å². The van der Waals surface area contributed by atoms with Crippen LogP contribution in [0.2, 0.25) is 0 Å². The summed E-state index contributed by atoms with van der Waals surface area (Å²) in [5, 5.41) is 28.0. The zero-order chi connectivity index (χ0) is 31.5. The van der Waals surface area contributed by atoms with Gasteiger partial charge in [-0.1, -0.05) is 44.2 Å². The van der Waals surface area contributed by atoms with Crippen LogP contribution in [0.5, 0.6) is 5.75 Å². The van der Waals surface area contributed by atoms with E-state index in [-0.39, 0.29) is 25.0 Å². The third-order valence-electron chi connectivity index (χ3n) is 7.27. The van der Waals surface area contributed by atoms with E-state index in [9.17, 15) is 29.4 Å². The number of aromatic nitrogens is 1. The number of para-hydroxylation sites is 1. The number of H-pyrrole nitrogens is 1. The molecule has 0 saturated carbocycles. The Morgan fingerprint density at radius 3 is 2.16 bits per heavy atom. The zero-order valence-electron chi connectivity index (χ0n) is 24.5. The molecule has 12 heteroatoms. The van der Waals surface area contributed by atoms with Crippen molar-refractivity contribution in [3.8, 4) is 5.75 Å². The van der Waals surface area contributed by atoms with Gasteiger partial charge in [-0.3, -0.25) is 14.4 Å². The van der Waals surface area contributed by atoms with Crippen LogP contribution >= 0.6 is 0 Å². The largest absolute Gasteiger partial charge is 0.508 e. The van der Waals surface area contributed by atoms with Crippen LogP contribution in [0.25, 0.3) is 10.9 Å². The molecule has 0 spiro atoms. The summed E-state index contributed by atoms with van der Waals surface area (Å²) in [6.07, 6.45) is 3.42. The number of aromatic hydroxyl groups is 1. The quantitative estimate of drug-likeness (QED) is 0.113. The average Bonchev–Trinajstić information content (AvgIpc) is 3.38. The highest BCUT2D eigenvalue weighted by Gasteiger charge is 2.32. The molecule has 10 N–H and O–H groups in total. The number of phenols is 1. The van der Waals surface area contributed by atoms with Gasteiger partial charge in [-0.25, -0.2) is 4.79 Å². The molecule has 0 bridgehead atoms. The lowest BCUT2D eigenvalue weighted by atomic mass is 10.0. The Hall–Kier alpha value is -4.42. The van der Waals surface area contributed by atoms with E-state index in [4.69, 9.17) is 11.5 Å². The molecule has 1 aromatic heterocycles. The number of carboxylic acid groups (broad SMARTS) is 1. The van der Waals surface area contributed by atoms with E-state index in [2.05, 4.69) is 20.9 Å². The molecule has 0 saturated heterocycles. The van der Waals surface area contributed by atoms with Gasteiger partial charge < -0.3 is 42.6 Å². The molecule has 43 heavy (non-hydrogen) atoms. The van der Waals surface area contributed by atoms with Gasteiger partial charge in [-0.2, -0.15) is 0 Å². The Bertz CT molecular complexity index is 1390. The monoisotopic (exact) mass is 594 g/mol. The Labute approximate surface area is 250 Å². The van der Waals surface area contributed by atoms with E-state index < -0.39 is 53.8 Å². The summed E-state index contributed by atoms with van der Waals surface area (Å²) in [5.41, 5.74) is 14.1. The summed E-state index contributed by atoms with van der Waals surface area (Å²) >= 11 is 0. The molecule has 3 rings (SSSR count). The average molecular weight is 595 g/mol. The van der Waals surface area contributed by atoms with Crippen molar-refractivity contribution in [3.63, 3.8) is 0 Å². The number of benzene rings is 2. The van der Waals surface area contributed by atoms with Crippen molar-refractivity contribution in [2.75, 3.05) is 6.54 Å². The maximum absolute atomic E-state index is 13.6. The number of carbonyl (C=O) groups excluding carboxylic acids is 3. The van der Waals surface area contributed by atoms with Gasteiger partial charge in [0.1, 0.15) is 23.9 Å². The number of fused-ring (bicyclic) bond motifs is 1. The lowest BCUT2D eigenvalue weighted by Crippen LogP contribution is -2.58. The number of hydrogen-bond donors (Lipinski definition) is 8. The minimum atomic E-state index is -1.19. The molecule has 232 valence electrons. The number of phenolic OH excluding ortho intramolecular Hbond substituents is 1. The molecule has 1 heterocycles. The highest BCUT2D eigenvalue weighted by Crippen LogP contribution is 2.20. The minimum absolute atomic E-state index is 0.0792. The van der Waals surface area contributed by atoms with Crippen LogP contribution in [-0.4, -0.2) is 69.6 Å². The maximum atomic E-state index is 13.6. The van der Waals surface area contributed by atoms with Crippen molar-refractivity contribution in [2.24, 2.45) is 17.4 Å². The summed E-state index contributed by atoms with van der Waals surface area (Å²) < 4.78 is 0. The minimum Gasteiger partial charge on any atom is -0.508 e. The first-order chi connectivity index (χ1) is 20.5. The molecule has 0 aliphatic rings. The van der Waals surface area contributed by atoms with Crippen LogP contribution in [0.1, 0.15) is 44.2 Å². The van der Waals surface area contributed by atoms with Gasteiger partial charge in [-0.05, 0) is 67.5 Å². The summed E-state index contributed by atoms with van der Waals surface area (Å²) in [5.74, 6) is -3.30. The van der Waals surface area contributed by atoms with Gasteiger partial charge >= 0.3 is 5.97 Å². The topological polar surface area (TPSA) is 213 Å². The fraction of sp³-hybridized carbons (Fsp3) is 0.419. The molecule has 0 radical (unpaired) electrons. The third-order valence-corrected chi connectivity index (χ3v) is 7.27. The molecule has 4 unspecified atom stereocenters. The van der Waals surface area contributed by atoms with Crippen LogP contribution in [0.3, 0.4) is 0 Å². The number of carboxylic acids is 1. The van der Waals surface area contributed by atoms with Gasteiger partial charge in [0.25, 0.3) is 0 Å². The number of nitrogens with one attached hydrogen (secondary N) is 4. The summed E-state index contributed by atoms with van der Waals surface area (Å²) in [4.78, 5) is 55.1. The molecular weight excluding hydrogens is 552 g/mol. The number of aliphatic carboxylic acids is 1. The van der Waals surface area contributed by atoms with E-state index in [1.807, 2.05) is 24.3 Å². The van der Waals surface area contributed by atoms with Crippen LogP contribution in [0.15, 0.2) is 54.7 Å². The molecule has 4 atom stereocenters. The van der Waals surface area contributed by atoms with Crippen molar-refractivity contribution >= 4 is 34.6 Å². The van der Waals surface area contributed by atoms with Crippen molar-refractivity contribution in [3.05, 3.63) is 65.9 Å². The Morgan fingerprint density at radius 1 is 0.860 bits per heavy atom. The predicted molar refractivity (Wildman–Crippen MR) is 163 cm³/mol. The van der Waals surface area contributed by atoms with Crippen molar-refractivity contribution in [1.82, 2.24) is 20.9 Å². The molecule has 2 aromatic carbocycles. The fourth-order valence-electron chi connectivity index (χ4n) is 4.79. The van der Waals surface area contributed by atoms with Crippen molar-refractivity contribution in [2.45, 2.75) is 70.1 Å². The lowest BCUT2D eigenvalue weighted by molar-refractivity contribution is -0.143. The fourth-order valence-corrected chi connectivity index (χ4v) is 4.79. The molecule has 0 aliphatic heterocycles. The Kier molecular flexibility index (Phi) is 12.1. The highest BCUT2D eigenvalue weighted by molar-refractivity contribution is 5.95. The zero-order valence-corrected chi connectivity index (χ0v) is 24.5. The van der Waals surface area contributed by atoms with E-state index in [0.29, 0.717) is 19.4 Å². The molecule has 0 fully saturated rings. The van der Waals surface area contributed by atoms with Gasteiger partial charge in [-0.15, -0.1) is 0 Å². The van der Waals surface area contributed by atoms with Crippen molar-refractivity contribution in [1.29, 1.82) is 0 Å². The smallest absolute Gasteiger partial charge is 0.326 e. The number of carbonyl (C=O) groups is 4. The van der Waals surface area contributed by atoms with Gasteiger partial charge in [0.15, 0.2) is 0 Å². The number of aromatic amines is 1. The number of hydrogen-bond acceptors (Lipinski definition) is 7. The lowest BCUT2D eigenvalue weighted by Gasteiger charge is -2.26. The van der Waals surface area contributed by atoms with Gasteiger partial charge in [0.2, 0.25) is 17.7 Å².